The molecule has 5 nitrogen and oxygen atoms in total. The van der Waals surface area contributed by atoms with Gasteiger partial charge in [0.05, 0.1) is 0 Å². The van der Waals surface area contributed by atoms with E-state index in [0.29, 0.717) is 12.2 Å². The Kier molecular flexibility index (Phi) is 5.51. The summed E-state index contributed by atoms with van der Waals surface area (Å²) < 4.78 is 4.95. The van der Waals surface area contributed by atoms with Crippen molar-refractivity contribution in [1.29, 1.82) is 0 Å². The highest BCUT2D eigenvalue weighted by Crippen LogP contribution is 2.17. The second-order valence-electron chi connectivity index (χ2n) is 4.40. The van der Waals surface area contributed by atoms with Crippen LogP contribution in [0, 0.1) is 13.8 Å². The van der Waals surface area contributed by atoms with Gasteiger partial charge in [-0.05, 0) is 26.3 Å². The maximum atomic E-state index is 11.6. The van der Waals surface area contributed by atoms with Gasteiger partial charge in [-0.15, -0.1) is 0 Å². The Labute approximate surface area is 112 Å². The molecular formula is C14H19NO4. The number of carbonyl (C=O) groups excluding carboxylic acids is 1. The Morgan fingerprint density at radius 3 is 2.32 bits per heavy atom. The molecule has 1 amide bonds. The zero-order valence-electron chi connectivity index (χ0n) is 11.4. The molecule has 104 valence electrons. The number of carbonyl (C=O) groups is 2. The number of carboxylic acids is 1. The Morgan fingerprint density at radius 2 is 1.84 bits per heavy atom. The summed E-state index contributed by atoms with van der Waals surface area (Å²) in [5, 5.41) is 11.7. The lowest BCUT2D eigenvalue weighted by molar-refractivity contribution is -0.142. The number of benzene rings is 1. The van der Waals surface area contributed by atoms with E-state index in [4.69, 9.17) is 4.74 Å². The molecule has 0 radical (unpaired) electrons. The fraction of sp³-hybridized carbons (Fsp3) is 0.429. The largest absolute Gasteiger partial charge is 0.479 e. The molecule has 0 saturated heterocycles. The predicted octanol–water partition coefficient (Wildman–Crippen LogP) is 1.58. The zero-order valence-corrected chi connectivity index (χ0v) is 11.4. The SMILES string of the molecule is CCOCC(=O)NC(C(=O)O)c1cc(C)cc(C)c1. The topological polar surface area (TPSA) is 75.6 Å². The Hall–Kier alpha value is -1.88. The van der Waals surface area contributed by atoms with Crippen LogP contribution < -0.4 is 5.32 Å². The number of aliphatic carboxylic acids is 1. The lowest BCUT2D eigenvalue weighted by Crippen LogP contribution is -2.36. The van der Waals surface area contributed by atoms with Crippen LogP contribution in [-0.4, -0.2) is 30.2 Å². The smallest absolute Gasteiger partial charge is 0.330 e. The first kappa shape index (κ1) is 15.2. The lowest BCUT2D eigenvalue weighted by Gasteiger charge is -2.16. The van der Waals surface area contributed by atoms with Crippen LogP contribution in [0.2, 0.25) is 0 Å². The van der Waals surface area contributed by atoms with Gasteiger partial charge < -0.3 is 15.2 Å². The molecule has 19 heavy (non-hydrogen) atoms. The number of amides is 1. The average molecular weight is 265 g/mol. The average Bonchev–Trinajstić information content (AvgIpc) is 2.31. The minimum Gasteiger partial charge on any atom is -0.479 e. The number of nitrogens with one attached hydrogen (secondary N) is 1. The van der Waals surface area contributed by atoms with Crippen LogP contribution >= 0.6 is 0 Å². The van der Waals surface area contributed by atoms with Gasteiger partial charge in [-0.2, -0.15) is 0 Å². The molecule has 0 fully saturated rings. The third kappa shape index (κ3) is 4.71. The Morgan fingerprint density at radius 1 is 1.26 bits per heavy atom. The second-order valence-corrected chi connectivity index (χ2v) is 4.40. The van der Waals surface area contributed by atoms with E-state index >= 15 is 0 Å². The molecule has 0 aliphatic carbocycles. The molecule has 1 rings (SSSR count). The summed E-state index contributed by atoms with van der Waals surface area (Å²) in [4.78, 5) is 22.8. The molecule has 2 N–H and O–H groups in total. The molecule has 0 saturated carbocycles. The van der Waals surface area contributed by atoms with Crippen molar-refractivity contribution in [2.45, 2.75) is 26.8 Å². The first-order chi connectivity index (χ1) is 8.93. The van der Waals surface area contributed by atoms with Crippen LogP contribution in [0.1, 0.15) is 29.7 Å². The molecule has 0 bridgehead atoms. The Bertz CT molecular complexity index is 450. The molecule has 1 aromatic carbocycles. The van der Waals surface area contributed by atoms with E-state index in [1.807, 2.05) is 19.9 Å². The van der Waals surface area contributed by atoms with Gasteiger partial charge in [-0.25, -0.2) is 4.79 Å². The lowest BCUT2D eigenvalue weighted by atomic mass is 10.0. The summed E-state index contributed by atoms with van der Waals surface area (Å²) in [6.45, 7) is 5.82. The quantitative estimate of drug-likeness (QED) is 0.819. The predicted molar refractivity (Wildman–Crippen MR) is 70.9 cm³/mol. The van der Waals surface area contributed by atoms with Crippen molar-refractivity contribution in [2.75, 3.05) is 13.2 Å². The van der Waals surface area contributed by atoms with Crippen LogP contribution in [0.4, 0.5) is 0 Å². The molecule has 0 aliphatic heterocycles. The van der Waals surface area contributed by atoms with Crippen LogP contribution in [0.15, 0.2) is 18.2 Å². The van der Waals surface area contributed by atoms with Crippen LogP contribution in [0.25, 0.3) is 0 Å². The molecule has 1 atom stereocenters. The van der Waals surface area contributed by atoms with E-state index in [0.717, 1.165) is 11.1 Å². The van der Waals surface area contributed by atoms with Crippen molar-refractivity contribution < 1.29 is 19.4 Å². The van der Waals surface area contributed by atoms with Gasteiger partial charge in [0.1, 0.15) is 6.61 Å². The number of ether oxygens (including phenoxy) is 1. The van der Waals surface area contributed by atoms with Crippen LogP contribution in [-0.2, 0) is 14.3 Å². The standard InChI is InChI=1S/C14H19NO4/c1-4-19-8-12(16)15-13(14(17)18)11-6-9(2)5-10(3)7-11/h5-7,13H,4,8H2,1-3H3,(H,15,16)(H,17,18). The van der Waals surface area contributed by atoms with E-state index in [9.17, 15) is 14.7 Å². The summed E-state index contributed by atoms with van der Waals surface area (Å²) >= 11 is 0. The van der Waals surface area contributed by atoms with Crippen LogP contribution in [0.5, 0.6) is 0 Å². The summed E-state index contributed by atoms with van der Waals surface area (Å²) in [5.74, 6) is -1.52. The fourth-order valence-electron chi connectivity index (χ4n) is 1.86. The van der Waals surface area contributed by atoms with Gasteiger partial charge in [0.15, 0.2) is 6.04 Å². The van der Waals surface area contributed by atoms with Crippen molar-refractivity contribution in [3.05, 3.63) is 34.9 Å². The van der Waals surface area contributed by atoms with Crippen LogP contribution in [0.3, 0.4) is 0 Å². The summed E-state index contributed by atoms with van der Waals surface area (Å²) in [6.07, 6.45) is 0. The van der Waals surface area contributed by atoms with E-state index in [2.05, 4.69) is 5.32 Å². The van der Waals surface area contributed by atoms with Gasteiger partial charge in [-0.1, -0.05) is 29.3 Å². The number of aryl methyl sites for hydroxylation is 2. The minimum atomic E-state index is -1.09. The molecule has 0 aliphatic rings. The maximum Gasteiger partial charge on any atom is 0.330 e. The highest BCUT2D eigenvalue weighted by atomic mass is 16.5. The molecule has 1 unspecified atom stereocenters. The second kappa shape index (κ2) is 6.89. The number of hydrogen-bond donors (Lipinski definition) is 2. The van der Waals surface area contributed by atoms with Gasteiger partial charge in [0, 0.05) is 6.61 Å². The first-order valence-corrected chi connectivity index (χ1v) is 6.12. The zero-order chi connectivity index (χ0) is 14.4. The van der Waals surface area contributed by atoms with Crippen molar-refractivity contribution in [3.63, 3.8) is 0 Å². The van der Waals surface area contributed by atoms with Crippen molar-refractivity contribution >= 4 is 11.9 Å². The first-order valence-electron chi connectivity index (χ1n) is 6.12. The monoisotopic (exact) mass is 265 g/mol. The third-order valence-corrected chi connectivity index (χ3v) is 2.57. The van der Waals surface area contributed by atoms with Gasteiger partial charge >= 0.3 is 5.97 Å². The minimum absolute atomic E-state index is 0.134. The molecule has 0 heterocycles. The van der Waals surface area contributed by atoms with Crippen molar-refractivity contribution in [3.8, 4) is 0 Å². The van der Waals surface area contributed by atoms with E-state index < -0.39 is 17.9 Å². The Balaban J connectivity index is 2.88. The number of hydrogen-bond acceptors (Lipinski definition) is 3. The van der Waals surface area contributed by atoms with E-state index in [-0.39, 0.29) is 6.61 Å². The summed E-state index contributed by atoms with van der Waals surface area (Å²) in [6, 6.07) is 4.41. The number of carboxylic acid groups (broad SMARTS) is 1. The molecular weight excluding hydrogens is 246 g/mol. The summed E-state index contributed by atoms with van der Waals surface area (Å²) in [5.41, 5.74) is 2.48. The summed E-state index contributed by atoms with van der Waals surface area (Å²) in [7, 11) is 0. The van der Waals surface area contributed by atoms with Crippen molar-refractivity contribution in [2.24, 2.45) is 0 Å². The molecule has 0 spiro atoms. The highest BCUT2D eigenvalue weighted by molar-refractivity contribution is 5.85. The van der Waals surface area contributed by atoms with Gasteiger partial charge in [0.2, 0.25) is 5.91 Å². The number of rotatable bonds is 6. The van der Waals surface area contributed by atoms with E-state index in [1.165, 1.54) is 0 Å². The molecule has 5 heteroatoms. The fourth-order valence-corrected chi connectivity index (χ4v) is 1.86. The van der Waals surface area contributed by atoms with E-state index in [1.54, 1.807) is 19.1 Å². The maximum absolute atomic E-state index is 11.6. The van der Waals surface area contributed by atoms with Gasteiger partial charge in [0.25, 0.3) is 0 Å². The van der Waals surface area contributed by atoms with Crippen molar-refractivity contribution in [1.82, 2.24) is 5.32 Å². The third-order valence-electron chi connectivity index (χ3n) is 2.57. The van der Waals surface area contributed by atoms with Gasteiger partial charge in [-0.3, -0.25) is 4.79 Å². The molecule has 1 aromatic rings. The normalized spacial score (nSPS) is 11.9. The molecule has 0 aromatic heterocycles. The highest BCUT2D eigenvalue weighted by Gasteiger charge is 2.22.